The fraction of sp³-hybridized carbons (Fsp3) is 0.308. The van der Waals surface area contributed by atoms with Crippen LogP contribution in [0.5, 0.6) is 0 Å². The zero-order valence-electron chi connectivity index (χ0n) is 11.1. The molecule has 0 atom stereocenters. The summed E-state index contributed by atoms with van der Waals surface area (Å²) in [5.41, 5.74) is 3.19. The second-order valence-electron chi connectivity index (χ2n) is 4.56. The van der Waals surface area contributed by atoms with Gasteiger partial charge in [-0.3, -0.25) is 14.7 Å². The first-order chi connectivity index (χ1) is 8.97. The number of rotatable bonds is 3. The number of carbonyl (C=O) groups excluding carboxylic acids is 1. The van der Waals surface area contributed by atoms with Crippen LogP contribution in [0.4, 0.5) is 0 Å². The lowest BCUT2D eigenvalue weighted by Gasteiger charge is -2.06. The lowest BCUT2D eigenvalue weighted by molar-refractivity contribution is 0.0945. The predicted molar refractivity (Wildman–Crippen MR) is 71.0 cm³/mol. The molecular formula is C13H16N4O2. The highest BCUT2D eigenvalue weighted by atomic mass is 16.2. The minimum absolute atomic E-state index is 0.170. The van der Waals surface area contributed by atoms with Crippen LogP contribution in [0.25, 0.3) is 0 Å². The van der Waals surface area contributed by atoms with Gasteiger partial charge in [-0.25, -0.2) is 0 Å². The second kappa shape index (κ2) is 5.09. The number of aromatic amines is 2. The van der Waals surface area contributed by atoms with Crippen molar-refractivity contribution in [1.82, 2.24) is 20.5 Å². The normalized spacial score (nSPS) is 10.5. The average Bonchev–Trinajstić information content (AvgIpc) is 2.74. The second-order valence-corrected chi connectivity index (χ2v) is 4.56. The molecule has 0 fully saturated rings. The zero-order chi connectivity index (χ0) is 14.0. The Kier molecular flexibility index (Phi) is 3.50. The molecule has 6 heteroatoms. The summed E-state index contributed by atoms with van der Waals surface area (Å²) in [5.74, 6) is -0.302. The van der Waals surface area contributed by atoms with Crippen molar-refractivity contribution in [2.45, 2.75) is 27.3 Å². The van der Waals surface area contributed by atoms with Crippen molar-refractivity contribution in [2.75, 3.05) is 0 Å². The quantitative estimate of drug-likeness (QED) is 0.767. The molecule has 1 amide bonds. The molecule has 2 heterocycles. The third kappa shape index (κ3) is 2.90. The summed E-state index contributed by atoms with van der Waals surface area (Å²) in [4.78, 5) is 26.3. The van der Waals surface area contributed by atoms with Gasteiger partial charge in [-0.2, -0.15) is 5.10 Å². The number of pyridine rings is 1. The summed E-state index contributed by atoms with van der Waals surface area (Å²) in [7, 11) is 0. The number of aromatic nitrogens is 3. The molecule has 2 aromatic rings. The van der Waals surface area contributed by atoms with E-state index in [-0.39, 0.29) is 18.0 Å². The monoisotopic (exact) mass is 260 g/mol. The number of H-pyrrole nitrogens is 2. The largest absolute Gasteiger partial charge is 0.346 e. The SMILES string of the molecule is Cc1cc(C(=O)NCc2c(C)cc(C)[nH]c2=O)n[nH]1. The van der Waals surface area contributed by atoms with Crippen molar-refractivity contribution in [3.05, 3.63) is 50.7 Å². The van der Waals surface area contributed by atoms with Crippen molar-refractivity contribution in [3.63, 3.8) is 0 Å². The highest BCUT2D eigenvalue weighted by Gasteiger charge is 2.11. The summed E-state index contributed by atoms with van der Waals surface area (Å²) in [6.07, 6.45) is 0. The third-order valence-electron chi connectivity index (χ3n) is 2.86. The van der Waals surface area contributed by atoms with E-state index >= 15 is 0 Å². The smallest absolute Gasteiger partial charge is 0.272 e. The van der Waals surface area contributed by atoms with E-state index in [0.29, 0.717) is 11.3 Å². The van der Waals surface area contributed by atoms with Crippen molar-refractivity contribution in [2.24, 2.45) is 0 Å². The Morgan fingerprint density at radius 2 is 2.00 bits per heavy atom. The molecule has 0 spiro atoms. The standard InChI is InChI=1S/C13H16N4O2/c1-7-4-8(2)15-12(18)10(7)6-14-13(19)11-5-9(3)16-17-11/h4-5H,6H2,1-3H3,(H,14,19)(H,15,18)(H,16,17). The Labute approximate surface area is 110 Å². The van der Waals surface area contributed by atoms with Crippen LogP contribution in [-0.2, 0) is 6.54 Å². The number of hydrogen-bond donors (Lipinski definition) is 3. The highest BCUT2D eigenvalue weighted by molar-refractivity contribution is 5.92. The first kappa shape index (κ1) is 13.1. The molecule has 0 saturated heterocycles. The summed E-state index contributed by atoms with van der Waals surface area (Å²) in [5, 5.41) is 9.25. The fourth-order valence-corrected chi connectivity index (χ4v) is 1.89. The number of amides is 1. The van der Waals surface area contributed by atoms with E-state index in [1.165, 1.54) is 0 Å². The van der Waals surface area contributed by atoms with Crippen LogP contribution in [0.15, 0.2) is 16.9 Å². The van der Waals surface area contributed by atoms with E-state index in [1.54, 1.807) is 6.07 Å². The maximum atomic E-state index is 11.8. The van der Waals surface area contributed by atoms with Gasteiger partial charge in [0.1, 0.15) is 5.69 Å². The van der Waals surface area contributed by atoms with Gasteiger partial charge >= 0.3 is 0 Å². The molecule has 0 aliphatic heterocycles. The van der Waals surface area contributed by atoms with E-state index in [4.69, 9.17) is 0 Å². The number of carbonyl (C=O) groups is 1. The van der Waals surface area contributed by atoms with E-state index in [2.05, 4.69) is 20.5 Å². The molecule has 100 valence electrons. The van der Waals surface area contributed by atoms with Gasteiger partial charge in [-0.15, -0.1) is 0 Å². The van der Waals surface area contributed by atoms with Crippen LogP contribution in [-0.4, -0.2) is 21.1 Å². The number of hydrogen-bond acceptors (Lipinski definition) is 3. The molecule has 0 radical (unpaired) electrons. The van der Waals surface area contributed by atoms with Crippen LogP contribution in [0, 0.1) is 20.8 Å². The minimum Gasteiger partial charge on any atom is -0.346 e. The fourth-order valence-electron chi connectivity index (χ4n) is 1.89. The lowest BCUT2D eigenvalue weighted by Crippen LogP contribution is -2.28. The predicted octanol–water partition coefficient (Wildman–Crippen LogP) is 0.953. The topological polar surface area (TPSA) is 90.6 Å². The van der Waals surface area contributed by atoms with E-state index in [1.807, 2.05) is 26.8 Å². The van der Waals surface area contributed by atoms with Crippen LogP contribution in [0.2, 0.25) is 0 Å². The van der Waals surface area contributed by atoms with Crippen molar-refractivity contribution in [1.29, 1.82) is 0 Å². The zero-order valence-corrected chi connectivity index (χ0v) is 11.1. The average molecular weight is 260 g/mol. The van der Waals surface area contributed by atoms with E-state index in [9.17, 15) is 9.59 Å². The Hall–Kier alpha value is -2.37. The van der Waals surface area contributed by atoms with Crippen LogP contribution in [0.1, 0.15) is 33.0 Å². The third-order valence-corrected chi connectivity index (χ3v) is 2.86. The summed E-state index contributed by atoms with van der Waals surface area (Å²) < 4.78 is 0. The van der Waals surface area contributed by atoms with Gasteiger partial charge in [-0.1, -0.05) is 0 Å². The summed E-state index contributed by atoms with van der Waals surface area (Å²) in [6.45, 7) is 5.68. The van der Waals surface area contributed by atoms with Gasteiger partial charge in [0.05, 0.1) is 0 Å². The molecule has 0 bridgehead atoms. The van der Waals surface area contributed by atoms with Gasteiger partial charge in [-0.05, 0) is 38.5 Å². The Bertz CT molecular complexity index is 670. The molecule has 19 heavy (non-hydrogen) atoms. The van der Waals surface area contributed by atoms with Crippen LogP contribution >= 0.6 is 0 Å². The first-order valence-electron chi connectivity index (χ1n) is 5.97. The molecule has 2 aromatic heterocycles. The maximum Gasteiger partial charge on any atom is 0.272 e. The van der Waals surface area contributed by atoms with Gasteiger partial charge in [0, 0.05) is 23.5 Å². The Morgan fingerprint density at radius 3 is 2.58 bits per heavy atom. The number of nitrogens with zero attached hydrogens (tertiary/aromatic N) is 1. The first-order valence-corrected chi connectivity index (χ1v) is 5.97. The molecule has 0 aliphatic rings. The lowest BCUT2D eigenvalue weighted by atomic mass is 10.1. The molecule has 0 aromatic carbocycles. The highest BCUT2D eigenvalue weighted by Crippen LogP contribution is 2.04. The van der Waals surface area contributed by atoms with Crippen LogP contribution < -0.4 is 10.9 Å². The van der Waals surface area contributed by atoms with Gasteiger partial charge < -0.3 is 10.3 Å². The van der Waals surface area contributed by atoms with Crippen molar-refractivity contribution < 1.29 is 4.79 Å². The molecule has 0 saturated carbocycles. The molecule has 6 nitrogen and oxygen atoms in total. The number of nitrogens with one attached hydrogen (secondary N) is 3. The van der Waals surface area contributed by atoms with Crippen molar-refractivity contribution in [3.8, 4) is 0 Å². The maximum absolute atomic E-state index is 11.8. The van der Waals surface area contributed by atoms with Gasteiger partial charge in [0.15, 0.2) is 0 Å². The van der Waals surface area contributed by atoms with Crippen molar-refractivity contribution >= 4 is 5.91 Å². The Morgan fingerprint density at radius 1 is 1.26 bits per heavy atom. The summed E-state index contributed by atoms with van der Waals surface area (Å²) in [6, 6.07) is 3.53. The molecule has 0 aliphatic carbocycles. The Balaban J connectivity index is 2.11. The molecule has 3 N–H and O–H groups in total. The van der Waals surface area contributed by atoms with Gasteiger partial charge in [0.25, 0.3) is 11.5 Å². The number of aryl methyl sites for hydroxylation is 3. The molecule has 0 unspecified atom stereocenters. The van der Waals surface area contributed by atoms with Crippen LogP contribution in [0.3, 0.4) is 0 Å². The minimum atomic E-state index is -0.302. The van der Waals surface area contributed by atoms with Gasteiger partial charge in [0.2, 0.25) is 0 Å². The molecule has 2 rings (SSSR count). The summed E-state index contributed by atoms with van der Waals surface area (Å²) >= 11 is 0. The molecular weight excluding hydrogens is 244 g/mol. The van der Waals surface area contributed by atoms with E-state index in [0.717, 1.165) is 17.0 Å². The van der Waals surface area contributed by atoms with E-state index < -0.39 is 0 Å².